The Morgan fingerprint density at radius 3 is 1.34 bits per heavy atom. The van der Waals surface area contributed by atoms with Crippen LogP contribution in [0.3, 0.4) is 0 Å². The highest BCUT2D eigenvalue weighted by atomic mass is 16.7. The van der Waals surface area contributed by atoms with Gasteiger partial charge in [0.1, 0.15) is 0 Å². The van der Waals surface area contributed by atoms with Crippen molar-refractivity contribution < 1.29 is 33.6 Å². The molecule has 1 atom stereocenters. The predicted octanol–water partition coefficient (Wildman–Crippen LogP) is 13.0. The highest BCUT2D eigenvalue weighted by Gasteiger charge is 2.40. The first-order chi connectivity index (χ1) is 30.4. The molecule has 0 aromatic carbocycles. The molecule has 2 heterocycles. The molecule has 0 bridgehead atoms. The molecular weight excluding hydrogens is 777 g/mol. The van der Waals surface area contributed by atoms with E-state index in [4.69, 9.17) is 18.9 Å². The largest absolute Gasteiger partial charge is 0.466 e. The van der Waals surface area contributed by atoms with E-state index in [1.54, 1.807) is 0 Å². The lowest BCUT2D eigenvalue weighted by Crippen LogP contribution is -2.47. The van der Waals surface area contributed by atoms with Crippen LogP contribution in [0.4, 0.5) is 0 Å². The van der Waals surface area contributed by atoms with Crippen molar-refractivity contribution in [2.24, 2.45) is 11.8 Å². The average molecular weight is 879 g/mol. The van der Waals surface area contributed by atoms with E-state index in [0.717, 1.165) is 123 Å². The van der Waals surface area contributed by atoms with Crippen LogP contribution in [0.5, 0.6) is 0 Å². The summed E-state index contributed by atoms with van der Waals surface area (Å²) < 4.78 is 24.8. The molecule has 1 unspecified atom stereocenters. The monoisotopic (exact) mass is 879 g/mol. The van der Waals surface area contributed by atoms with E-state index in [2.05, 4.69) is 37.5 Å². The maximum Gasteiger partial charge on any atom is 0.306 e. The predicted molar refractivity (Wildman–Crippen MR) is 257 cm³/mol. The molecule has 2 fully saturated rings. The molecule has 1 N–H and O–H groups in total. The fraction of sp³-hybridized carbons (Fsp3) is 0.962. The first-order valence-corrected chi connectivity index (χ1v) is 27.0. The minimum atomic E-state index is -0.456. The molecule has 0 spiro atoms. The van der Waals surface area contributed by atoms with E-state index >= 15 is 0 Å². The summed E-state index contributed by atoms with van der Waals surface area (Å²) in [6, 6.07) is 0. The van der Waals surface area contributed by atoms with Crippen molar-refractivity contribution in [2.75, 3.05) is 65.7 Å². The molecule has 0 aromatic rings. The second-order valence-electron chi connectivity index (χ2n) is 19.5. The van der Waals surface area contributed by atoms with Gasteiger partial charge in [-0.25, -0.2) is 0 Å². The second-order valence-corrected chi connectivity index (χ2v) is 19.5. The summed E-state index contributed by atoms with van der Waals surface area (Å²) in [6.07, 6.45) is 37.2. The molecule has 0 radical (unpaired) electrons. The third-order valence-electron chi connectivity index (χ3n) is 13.8. The number of carbonyl (C=O) groups is 2. The summed E-state index contributed by atoms with van der Waals surface area (Å²) in [4.78, 5) is 30.1. The van der Waals surface area contributed by atoms with Gasteiger partial charge in [-0.3, -0.25) is 14.5 Å². The summed E-state index contributed by atoms with van der Waals surface area (Å²) >= 11 is 0. The smallest absolute Gasteiger partial charge is 0.306 e. The van der Waals surface area contributed by atoms with Crippen LogP contribution >= 0.6 is 0 Å². The standard InChI is InChI=1S/C53H102N2O7/c1-5-9-21-29-48(30-22-10-6-2)45-51(57)59-43-27-19-15-13-17-25-34-53(61-47-50(62-53)33-36-54-37-39-55(40-38-54)41-42-56)35-26-18-14-16-20-28-44-60-52(58)46-49(31-23-11-7-3)32-24-12-8-4/h48-50,56H,5-47H2,1-4H3. The van der Waals surface area contributed by atoms with Gasteiger partial charge in [-0.15, -0.1) is 0 Å². The van der Waals surface area contributed by atoms with Crippen molar-refractivity contribution >= 4 is 11.9 Å². The van der Waals surface area contributed by atoms with Gasteiger partial charge in [0.25, 0.3) is 0 Å². The van der Waals surface area contributed by atoms with Crippen molar-refractivity contribution in [1.29, 1.82) is 0 Å². The first-order valence-electron chi connectivity index (χ1n) is 27.0. The zero-order chi connectivity index (χ0) is 44.8. The summed E-state index contributed by atoms with van der Waals surface area (Å²) in [5, 5.41) is 9.31. The number of esters is 2. The average Bonchev–Trinajstić information content (AvgIpc) is 3.68. The Bertz CT molecular complexity index is 961. The van der Waals surface area contributed by atoms with Crippen LogP contribution in [-0.4, -0.2) is 104 Å². The molecule has 0 saturated carbocycles. The van der Waals surface area contributed by atoms with Crippen molar-refractivity contribution in [3.63, 3.8) is 0 Å². The van der Waals surface area contributed by atoms with Gasteiger partial charge in [-0.2, -0.15) is 0 Å². The highest BCUT2D eigenvalue weighted by molar-refractivity contribution is 5.70. The Balaban J connectivity index is 1.68. The zero-order valence-corrected chi connectivity index (χ0v) is 41.4. The first kappa shape index (κ1) is 56.9. The lowest BCUT2D eigenvalue weighted by atomic mass is 9.92. The zero-order valence-electron chi connectivity index (χ0n) is 41.4. The van der Waals surface area contributed by atoms with Crippen LogP contribution in [0.1, 0.15) is 240 Å². The Morgan fingerprint density at radius 1 is 0.548 bits per heavy atom. The van der Waals surface area contributed by atoms with Crippen molar-refractivity contribution in [2.45, 2.75) is 251 Å². The molecule has 0 aliphatic carbocycles. The van der Waals surface area contributed by atoms with Crippen molar-refractivity contribution in [3.8, 4) is 0 Å². The van der Waals surface area contributed by atoms with Gasteiger partial charge >= 0.3 is 11.9 Å². The molecule has 0 amide bonds. The van der Waals surface area contributed by atoms with Crippen LogP contribution in [0.2, 0.25) is 0 Å². The normalized spacial score (nSPS) is 17.1. The molecular formula is C53H102N2O7. The fourth-order valence-electron chi connectivity index (χ4n) is 9.65. The lowest BCUT2D eigenvalue weighted by molar-refractivity contribution is -0.180. The molecule has 0 aromatic heterocycles. The number of hydrogen-bond acceptors (Lipinski definition) is 9. The Morgan fingerprint density at radius 2 is 0.935 bits per heavy atom. The van der Waals surface area contributed by atoms with Gasteiger partial charge in [0, 0.05) is 65.0 Å². The maximum absolute atomic E-state index is 12.6. The number of β-amino-alcohol motifs (C(OH)–C–C–N with tert-alkyl or cyclic N) is 1. The molecule has 2 aliphatic heterocycles. The van der Waals surface area contributed by atoms with E-state index < -0.39 is 5.79 Å². The Labute approximate surface area is 383 Å². The van der Waals surface area contributed by atoms with E-state index in [9.17, 15) is 14.7 Å². The van der Waals surface area contributed by atoms with Crippen molar-refractivity contribution in [1.82, 2.24) is 9.80 Å². The molecule has 366 valence electrons. The number of hydrogen-bond donors (Lipinski definition) is 1. The Kier molecular flexibility index (Phi) is 35.7. The number of aliphatic hydroxyl groups excluding tert-OH is 1. The number of rotatable bonds is 43. The molecule has 2 saturated heterocycles. The number of unbranched alkanes of at least 4 members (excludes halogenated alkanes) is 18. The van der Waals surface area contributed by atoms with E-state index in [1.165, 1.54) is 116 Å². The van der Waals surface area contributed by atoms with Crippen molar-refractivity contribution in [3.05, 3.63) is 0 Å². The molecule has 9 nitrogen and oxygen atoms in total. The van der Waals surface area contributed by atoms with Crippen LogP contribution in [0.25, 0.3) is 0 Å². The number of piperazine rings is 1. The lowest BCUT2D eigenvalue weighted by Gasteiger charge is -2.34. The summed E-state index contributed by atoms with van der Waals surface area (Å²) in [5.41, 5.74) is 0. The molecule has 62 heavy (non-hydrogen) atoms. The Hall–Kier alpha value is -1.26. The highest BCUT2D eigenvalue weighted by Crippen LogP contribution is 2.36. The number of ether oxygens (including phenoxy) is 4. The summed E-state index contributed by atoms with van der Waals surface area (Å²) in [6.45, 7) is 17.0. The summed E-state index contributed by atoms with van der Waals surface area (Å²) in [7, 11) is 0. The van der Waals surface area contributed by atoms with Gasteiger partial charge in [-0.1, -0.05) is 156 Å². The third-order valence-corrected chi connectivity index (χ3v) is 13.8. The van der Waals surface area contributed by atoms with Crippen LogP contribution < -0.4 is 0 Å². The second kappa shape index (κ2) is 39.0. The quantitative estimate of drug-likeness (QED) is 0.0474. The number of carbonyl (C=O) groups excluding carboxylic acids is 2. The number of aliphatic hydroxyl groups is 1. The van der Waals surface area contributed by atoms with Gasteiger partial charge < -0.3 is 29.0 Å². The van der Waals surface area contributed by atoms with Gasteiger partial charge in [-0.05, 0) is 69.6 Å². The van der Waals surface area contributed by atoms with Gasteiger partial charge in [0.15, 0.2) is 5.79 Å². The van der Waals surface area contributed by atoms with Gasteiger partial charge in [0.05, 0.1) is 32.5 Å². The molecule has 2 aliphatic rings. The maximum atomic E-state index is 12.6. The minimum Gasteiger partial charge on any atom is -0.466 e. The minimum absolute atomic E-state index is 0.0103. The van der Waals surface area contributed by atoms with Gasteiger partial charge in [0.2, 0.25) is 0 Å². The van der Waals surface area contributed by atoms with E-state index in [-0.39, 0.29) is 24.6 Å². The van der Waals surface area contributed by atoms with Crippen LogP contribution in [0, 0.1) is 11.8 Å². The van der Waals surface area contributed by atoms with Crippen LogP contribution in [0.15, 0.2) is 0 Å². The fourth-order valence-corrected chi connectivity index (χ4v) is 9.65. The molecule has 9 heteroatoms. The van der Waals surface area contributed by atoms with E-state index in [0.29, 0.717) is 44.5 Å². The SMILES string of the molecule is CCCCCC(CCCCC)CC(=O)OCCCCCCCCC1(CCCCCCCCOC(=O)CC(CCCCC)CCCCC)OCC(CCN2CCN(CCO)CC2)O1. The molecule has 2 rings (SSSR count). The third kappa shape index (κ3) is 29.3. The van der Waals surface area contributed by atoms with Crippen LogP contribution in [-0.2, 0) is 28.5 Å². The number of nitrogens with zero attached hydrogens (tertiary/aromatic N) is 2. The summed E-state index contributed by atoms with van der Waals surface area (Å²) in [5.74, 6) is 0.543. The van der Waals surface area contributed by atoms with E-state index in [1.807, 2.05) is 0 Å². The topological polar surface area (TPSA) is 97.8 Å².